The number of nitrogens with one attached hydrogen (secondary N) is 2. The first-order valence-electron chi connectivity index (χ1n) is 9.60. The van der Waals surface area contributed by atoms with Crippen LogP contribution in [0.25, 0.3) is 11.0 Å². The molecule has 0 saturated heterocycles. The molecule has 0 saturated carbocycles. The maximum Gasteiger partial charge on any atom is 0.182 e. The zero-order valence-electron chi connectivity index (χ0n) is 18.2. The normalized spacial score (nSPS) is 12.4. The minimum Gasteiger partial charge on any atom is -0.504 e. The summed E-state index contributed by atoms with van der Waals surface area (Å²) in [5.41, 5.74) is 6.45. The van der Waals surface area contributed by atoms with E-state index in [0.29, 0.717) is 16.4 Å². The van der Waals surface area contributed by atoms with E-state index in [1.807, 2.05) is 32.0 Å². The molecule has 2 aromatic heterocycles. The number of methoxy groups -OCH3 is 1. The van der Waals surface area contributed by atoms with Crippen molar-refractivity contribution in [2.24, 2.45) is 5.73 Å². The number of benzene rings is 1. The number of allylic oxidation sites excluding steroid dienone is 1. The van der Waals surface area contributed by atoms with Gasteiger partial charge in [-0.15, -0.1) is 0 Å². The van der Waals surface area contributed by atoms with Crippen molar-refractivity contribution in [1.82, 2.24) is 19.9 Å². The SMILES string of the molecule is C/C=C\N.CO.COc1cc(CCC(C)NS(=O)c2[nH]nc3ncccc23)ccc1O. The van der Waals surface area contributed by atoms with Crippen LogP contribution in [0.15, 0.2) is 53.8 Å². The van der Waals surface area contributed by atoms with Gasteiger partial charge in [-0.05, 0) is 62.7 Å². The minimum absolute atomic E-state index is 0.0238. The van der Waals surface area contributed by atoms with E-state index in [0.717, 1.165) is 30.9 Å². The topological polar surface area (TPSA) is 146 Å². The predicted octanol–water partition coefficient (Wildman–Crippen LogP) is 2.39. The van der Waals surface area contributed by atoms with Crippen LogP contribution < -0.4 is 15.2 Å². The van der Waals surface area contributed by atoms with Crippen molar-refractivity contribution in [2.45, 2.75) is 37.8 Å². The van der Waals surface area contributed by atoms with E-state index in [-0.39, 0.29) is 11.8 Å². The molecule has 0 amide bonds. The third-order valence-electron chi connectivity index (χ3n) is 4.09. The number of aromatic amines is 1. The minimum atomic E-state index is -1.40. The Balaban J connectivity index is 0.000000720. The highest BCUT2D eigenvalue weighted by atomic mass is 32.2. The van der Waals surface area contributed by atoms with E-state index in [2.05, 4.69) is 19.9 Å². The van der Waals surface area contributed by atoms with Gasteiger partial charge in [-0.25, -0.2) is 13.9 Å². The van der Waals surface area contributed by atoms with Crippen molar-refractivity contribution >= 4 is 22.0 Å². The van der Waals surface area contributed by atoms with Crippen LogP contribution in [-0.2, 0) is 17.4 Å². The van der Waals surface area contributed by atoms with Gasteiger partial charge < -0.3 is 20.7 Å². The van der Waals surface area contributed by atoms with Crippen molar-refractivity contribution in [3.05, 3.63) is 54.4 Å². The van der Waals surface area contributed by atoms with Gasteiger partial charge in [-0.1, -0.05) is 12.1 Å². The Morgan fingerprint density at radius 1 is 1.35 bits per heavy atom. The fourth-order valence-electron chi connectivity index (χ4n) is 2.53. The van der Waals surface area contributed by atoms with Crippen LogP contribution in [0.4, 0.5) is 0 Å². The number of pyridine rings is 1. The zero-order valence-corrected chi connectivity index (χ0v) is 19.0. The van der Waals surface area contributed by atoms with Crippen LogP contribution in [0.5, 0.6) is 11.5 Å². The molecule has 6 N–H and O–H groups in total. The summed E-state index contributed by atoms with van der Waals surface area (Å²) in [5, 5.41) is 24.8. The number of hydrogen-bond donors (Lipinski definition) is 5. The molecule has 1 aromatic carbocycles. The van der Waals surface area contributed by atoms with Crippen LogP contribution in [0.3, 0.4) is 0 Å². The fraction of sp³-hybridized carbons (Fsp3) is 0.333. The highest BCUT2D eigenvalue weighted by Crippen LogP contribution is 2.27. The first kappa shape index (κ1) is 26.1. The lowest BCUT2D eigenvalue weighted by molar-refractivity contribution is 0.373. The molecule has 0 aliphatic carbocycles. The second-order valence-corrected chi connectivity index (χ2v) is 7.47. The number of aliphatic hydroxyl groups excluding tert-OH is 1. The summed E-state index contributed by atoms with van der Waals surface area (Å²) >= 11 is 0. The zero-order chi connectivity index (χ0) is 23.2. The Morgan fingerprint density at radius 2 is 2.06 bits per heavy atom. The lowest BCUT2D eigenvalue weighted by Crippen LogP contribution is -2.28. The van der Waals surface area contributed by atoms with Crippen molar-refractivity contribution in [3.8, 4) is 11.5 Å². The van der Waals surface area contributed by atoms with E-state index in [9.17, 15) is 9.32 Å². The molecule has 31 heavy (non-hydrogen) atoms. The number of aryl methyl sites for hydroxylation is 1. The average Bonchev–Trinajstić information content (AvgIpc) is 3.24. The Kier molecular flexibility index (Phi) is 11.9. The van der Waals surface area contributed by atoms with Gasteiger partial charge in [0.05, 0.1) is 12.5 Å². The molecule has 3 aromatic rings. The van der Waals surface area contributed by atoms with E-state index < -0.39 is 11.0 Å². The second kappa shape index (κ2) is 14.1. The summed E-state index contributed by atoms with van der Waals surface area (Å²) in [4.78, 5) is 4.13. The van der Waals surface area contributed by atoms with Gasteiger partial charge in [0, 0.05) is 19.3 Å². The average molecular weight is 450 g/mol. The molecule has 0 fully saturated rings. The molecule has 0 aliphatic rings. The molecule has 2 heterocycles. The first-order chi connectivity index (χ1) is 15.0. The number of nitrogens with zero attached hydrogens (tertiary/aromatic N) is 2. The molecular weight excluding hydrogens is 418 g/mol. The van der Waals surface area contributed by atoms with Crippen molar-refractivity contribution in [2.75, 3.05) is 14.2 Å². The summed E-state index contributed by atoms with van der Waals surface area (Å²) < 4.78 is 20.7. The molecule has 0 radical (unpaired) electrons. The monoisotopic (exact) mass is 449 g/mol. The van der Waals surface area contributed by atoms with Crippen molar-refractivity contribution < 1.29 is 19.2 Å². The number of nitrogens with two attached hydrogens (primary N) is 1. The number of phenols is 1. The van der Waals surface area contributed by atoms with Crippen molar-refractivity contribution in [1.29, 1.82) is 0 Å². The van der Waals surface area contributed by atoms with E-state index in [1.54, 1.807) is 24.4 Å². The maximum absolute atomic E-state index is 12.5. The van der Waals surface area contributed by atoms with Gasteiger partial charge in [0.25, 0.3) is 0 Å². The number of rotatable bonds is 7. The van der Waals surface area contributed by atoms with Gasteiger partial charge in [-0.2, -0.15) is 5.10 Å². The Hall–Kier alpha value is -2.95. The maximum atomic E-state index is 12.5. The van der Waals surface area contributed by atoms with Gasteiger partial charge in [0.15, 0.2) is 17.1 Å². The molecule has 0 bridgehead atoms. The van der Waals surface area contributed by atoms with Gasteiger partial charge >= 0.3 is 0 Å². The summed E-state index contributed by atoms with van der Waals surface area (Å²) in [6, 6.07) is 8.95. The van der Waals surface area contributed by atoms with Gasteiger partial charge in [-0.3, -0.25) is 5.10 Å². The molecular formula is C21H31N5O4S. The van der Waals surface area contributed by atoms with E-state index >= 15 is 0 Å². The molecule has 0 aliphatic heterocycles. The van der Waals surface area contributed by atoms with Gasteiger partial charge in [0.1, 0.15) is 16.0 Å². The van der Waals surface area contributed by atoms with Crippen LogP contribution in [0, 0.1) is 0 Å². The summed E-state index contributed by atoms with van der Waals surface area (Å²) in [6.07, 6.45) is 6.48. The quantitative estimate of drug-likeness (QED) is 0.372. The molecule has 10 heteroatoms. The number of H-pyrrole nitrogens is 1. The lowest BCUT2D eigenvalue weighted by atomic mass is 10.1. The highest BCUT2D eigenvalue weighted by molar-refractivity contribution is 7.83. The third kappa shape index (κ3) is 8.00. The number of aliphatic hydroxyl groups is 1. The van der Waals surface area contributed by atoms with Gasteiger partial charge in [0.2, 0.25) is 0 Å². The molecule has 9 nitrogen and oxygen atoms in total. The first-order valence-corrected chi connectivity index (χ1v) is 10.8. The second-order valence-electron chi connectivity index (χ2n) is 6.29. The van der Waals surface area contributed by atoms with Crippen LogP contribution in [0.2, 0.25) is 0 Å². The largest absolute Gasteiger partial charge is 0.504 e. The summed E-state index contributed by atoms with van der Waals surface area (Å²) in [6.45, 7) is 3.85. The van der Waals surface area contributed by atoms with Crippen molar-refractivity contribution in [3.63, 3.8) is 0 Å². The van der Waals surface area contributed by atoms with Crippen LogP contribution >= 0.6 is 0 Å². The van der Waals surface area contributed by atoms with E-state index in [1.165, 1.54) is 13.3 Å². The lowest BCUT2D eigenvalue weighted by Gasteiger charge is -2.13. The third-order valence-corrected chi connectivity index (χ3v) is 5.39. The van der Waals surface area contributed by atoms with E-state index in [4.69, 9.17) is 15.6 Å². The Morgan fingerprint density at radius 3 is 2.71 bits per heavy atom. The summed E-state index contributed by atoms with van der Waals surface area (Å²) in [7, 11) is 1.13. The summed E-state index contributed by atoms with van der Waals surface area (Å²) in [5.74, 6) is 0.580. The number of aromatic hydroxyl groups is 1. The Labute approximate surface area is 184 Å². The number of fused-ring (bicyclic) bond motifs is 1. The van der Waals surface area contributed by atoms with Crippen LogP contribution in [0.1, 0.15) is 25.8 Å². The number of ether oxygens (including phenoxy) is 1. The fourth-order valence-corrected chi connectivity index (χ4v) is 3.62. The molecule has 2 unspecified atom stereocenters. The molecule has 0 spiro atoms. The van der Waals surface area contributed by atoms with Crippen LogP contribution in [-0.4, -0.2) is 49.9 Å². The standard InChI is InChI=1S/C17H20N4O3S.C3H7N.CH4O/c1-11(5-6-12-7-8-14(22)15(10-12)24-2)21-25(23)17-13-4-3-9-18-16(13)19-20-17;1-2-3-4;1-2/h3-4,7-11,21-22H,5-6H2,1-2H3,(H,18,19,20);2-3H,4H2,1H3;2H,1H3/b;3-2-;. The number of phenolic OH excluding ortho intramolecular Hbond substituents is 1. The molecule has 170 valence electrons. The number of hydrogen-bond acceptors (Lipinski definition) is 7. The Bertz CT molecular complexity index is 973. The number of aromatic nitrogens is 3. The smallest absolute Gasteiger partial charge is 0.182 e. The predicted molar refractivity (Wildman–Crippen MR) is 123 cm³/mol. The highest BCUT2D eigenvalue weighted by Gasteiger charge is 2.15. The molecule has 2 atom stereocenters. The molecule has 3 rings (SSSR count).